The standard InChI is InChI=1S/C21H17FN2O3/c22-19-12-5-4-11-18(19)21(26)24-16-8-6-7-15(13-16)23-20(25)14-27-17-9-2-1-3-10-17/h1-13H,14H2,(H,23,25)(H,24,26). The van der Waals surface area contributed by atoms with Gasteiger partial charge in [0.15, 0.2) is 6.61 Å². The number of para-hydroxylation sites is 1. The van der Waals surface area contributed by atoms with Crippen LogP contribution >= 0.6 is 0 Å². The van der Waals surface area contributed by atoms with Crippen LogP contribution in [0.2, 0.25) is 0 Å². The lowest BCUT2D eigenvalue weighted by Gasteiger charge is -2.10. The third-order valence-electron chi connectivity index (χ3n) is 3.64. The Balaban J connectivity index is 1.59. The van der Waals surface area contributed by atoms with Gasteiger partial charge in [0, 0.05) is 11.4 Å². The van der Waals surface area contributed by atoms with E-state index in [1.807, 2.05) is 18.2 Å². The molecular formula is C21H17FN2O3. The van der Waals surface area contributed by atoms with E-state index in [0.29, 0.717) is 17.1 Å². The van der Waals surface area contributed by atoms with Crippen molar-refractivity contribution in [1.29, 1.82) is 0 Å². The van der Waals surface area contributed by atoms with Gasteiger partial charge >= 0.3 is 0 Å². The van der Waals surface area contributed by atoms with E-state index < -0.39 is 11.7 Å². The molecule has 0 spiro atoms. The fraction of sp³-hybridized carbons (Fsp3) is 0.0476. The molecule has 5 nitrogen and oxygen atoms in total. The van der Waals surface area contributed by atoms with Crippen LogP contribution in [0.4, 0.5) is 15.8 Å². The quantitative estimate of drug-likeness (QED) is 0.692. The number of nitrogens with one attached hydrogen (secondary N) is 2. The van der Waals surface area contributed by atoms with Gasteiger partial charge in [0.25, 0.3) is 11.8 Å². The van der Waals surface area contributed by atoms with Gasteiger partial charge in [0.1, 0.15) is 11.6 Å². The second-order valence-electron chi connectivity index (χ2n) is 5.66. The molecule has 136 valence electrons. The van der Waals surface area contributed by atoms with Crippen molar-refractivity contribution in [3.8, 4) is 5.75 Å². The lowest BCUT2D eigenvalue weighted by atomic mass is 10.2. The van der Waals surface area contributed by atoms with Crippen molar-refractivity contribution in [3.05, 3.63) is 90.2 Å². The molecule has 3 rings (SSSR count). The molecule has 0 saturated heterocycles. The second kappa shape index (κ2) is 8.62. The highest BCUT2D eigenvalue weighted by Crippen LogP contribution is 2.17. The fourth-order valence-corrected chi connectivity index (χ4v) is 2.38. The Bertz CT molecular complexity index is 945. The molecule has 6 heteroatoms. The molecule has 0 fully saturated rings. The molecule has 0 heterocycles. The third kappa shape index (κ3) is 5.15. The van der Waals surface area contributed by atoms with Crippen molar-refractivity contribution < 1.29 is 18.7 Å². The summed E-state index contributed by atoms with van der Waals surface area (Å²) in [6.45, 7) is -0.143. The summed E-state index contributed by atoms with van der Waals surface area (Å²) in [5, 5.41) is 5.30. The summed E-state index contributed by atoms with van der Waals surface area (Å²) < 4.78 is 19.1. The first-order valence-corrected chi connectivity index (χ1v) is 8.25. The average molecular weight is 364 g/mol. The Morgan fingerprint density at radius 2 is 1.48 bits per heavy atom. The van der Waals surface area contributed by atoms with E-state index >= 15 is 0 Å². The van der Waals surface area contributed by atoms with Gasteiger partial charge in [-0.1, -0.05) is 36.4 Å². The highest BCUT2D eigenvalue weighted by atomic mass is 19.1. The number of hydrogen-bond donors (Lipinski definition) is 2. The summed E-state index contributed by atoms with van der Waals surface area (Å²) in [5.41, 5.74) is 0.872. The van der Waals surface area contributed by atoms with Crippen LogP contribution in [-0.2, 0) is 4.79 Å². The number of rotatable bonds is 6. The van der Waals surface area contributed by atoms with Crippen molar-refractivity contribution >= 4 is 23.2 Å². The number of anilines is 2. The number of carbonyl (C=O) groups excluding carboxylic acids is 2. The number of hydrogen-bond acceptors (Lipinski definition) is 3. The smallest absolute Gasteiger partial charge is 0.262 e. The zero-order valence-corrected chi connectivity index (χ0v) is 14.3. The monoisotopic (exact) mass is 364 g/mol. The Hall–Kier alpha value is -3.67. The van der Waals surface area contributed by atoms with Crippen LogP contribution in [0.5, 0.6) is 5.75 Å². The Morgan fingerprint density at radius 1 is 0.815 bits per heavy atom. The number of halogens is 1. The van der Waals surface area contributed by atoms with E-state index in [2.05, 4.69) is 10.6 Å². The molecule has 0 aliphatic carbocycles. The molecule has 0 unspecified atom stereocenters. The van der Waals surface area contributed by atoms with Crippen LogP contribution in [0.3, 0.4) is 0 Å². The molecule has 3 aromatic rings. The SMILES string of the molecule is O=C(COc1ccccc1)Nc1cccc(NC(=O)c2ccccc2F)c1. The molecule has 2 amide bonds. The van der Waals surface area contributed by atoms with Crippen LogP contribution in [0, 0.1) is 5.82 Å². The average Bonchev–Trinajstić information content (AvgIpc) is 2.68. The lowest BCUT2D eigenvalue weighted by molar-refractivity contribution is -0.118. The van der Waals surface area contributed by atoms with Crippen molar-refractivity contribution in [2.75, 3.05) is 17.2 Å². The van der Waals surface area contributed by atoms with Crippen LogP contribution < -0.4 is 15.4 Å². The first-order chi connectivity index (χ1) is 13.1. The summed E-state index contributed by atoms with van der Waals surface area (Å²) in [7, 11) is 0. The van der Waals surface area contributed by atoms with E-state index in [9.17, 15) is 14.0 Å². The van der Waals surface area contributed by atoms with Crippen molar-refractivity contribution in [3.63, 3.8) is 0 Å². The molecule has 0 bridgehead atoms. The molecule has 3 aromatic carbocycles. The first kappa shape index (κ1) is 18.1. The van der Waals surface area contributed by atoms with Gasteiger partial charge in [-0.25, -0.2) is 4.39 Å². The van der Waals surface area contributed by atoms with E-state index in [1.165, 1.54) is 18.2 Å². The fourth-order valence-electron chi connectivity index (χ4n) is 2.38. The number of ether oxygens (including phenoxy) is 1. The van der Waals surface area contributed by atoms with E-state index in [0.717, 1.165) is 0 Å². The Labute approximate surface area is 155 Å². The van der Waals surface area contributed by atoms with Gasteiger partial charge in [-0.2, -0.15) is 0 Å². The summed E-state index contributed by atoms with van der Waals surface area (Å²) >= 11 is 0. The summed E-state index contributed by atoms with van der Waals surface area (Å²) in [4.78, 5) is 24.2. The highest BCUT2D eigenvalue weighted by Gasteiger charge is 2.11. The maximum atomic E-state index is 13.7. The molecule has 0 aliphatic heterocycles. The third-order valence-corrected chi connectivity index (χ3v) is 3.64. The summed E-state index contributed by atoms with van der Waals surface area (Å²) in [6.07, 6.45) is 0. The molecule has 2 N–H and O–H groups in total. The number of carbonyl (C=O) groups is 2. The minimum Gasteiger partial charge on any atom is -0.484 e. The van der Waals surface area contributed by atoms with E-state index in [1.54, 1.807) is 42.5 Å². The van der Waals surface area contributed by atoms with Gasteiger partial charge in [0.05, 0.1) is 5.56 Å². The normalized spacial score (nSPS) is 10.1. The molecule has 0 atom stereocenters. The van der Waals surface area contributed by atoms with Crippen molar-refractivity contribution in [2.24, 2.45) is 0 Å². The van der Waals surface area contributed by atoms with E-state index in [-0.39, 0.29) is 18.1 Å². The predicted molar refractivity (Wildman–Crippen MR) is 101 cm³/mol. The first-order valence-electron chi connectivity index (χ1n) is 8.25. The molecule has 0 saturated carbocycles. The van der Waals surface area contributed by atoms with Gasteiger partial charge in [-0.05, 0) is 42.5 Å². The van der Waals surface area contributed by atoms with Gasteiger partial charge in [0.2, 0.25) is 0 Å². The largest absolute Gasteiger partial charge is 0.484 e. The zero-order chi connectivity index (χ0) is 19.1. The maximum Gasteiger partial charge on any atom is 0.262 e. The Kier molecular flexibility index (Phi) is 5.79. The van der Waals surface area contributed by atoms with Crippen LogP contribution in [-0.4, -0.2) is 18.4 Å². The predicted octanol–water partition coefficient (Wildman–Crippen LogP) is 4.10. The van der Waals surface area contributed by atoms with Crippen molar-refractivity contribution in [2.45, 2.75) is 0 Å². The minimum absolute atomic E-state index is 0.0526. The van der Waals surface area contributed by atoms with Crippen LogP contribution in [0.1, 0.15) is 10.4 Å². The molecule has 0 radical (unpaired) electrons. The summed E-state index contributed by atoms with van der Waals surface area (Å²) in [5.74, 6) is -0.906. The second-order valence-corrected chi connectivity index (χ2v) is 5.66. The van der Waals surface area contributed by atoms with Gasteiger partial charge in [-0.15, -0.1) is 0 Å². The summed E-state index contributed by atoms with van der Waals surface area (Å²) in [6, 6.07) is 21.3. The molecule has 0 aliphatic rings. The van der Waals surface area contributed by atoms with Gasteiger partial charge < -0.3 is 15.4 Å². The topological polar surface area (TPSA) is 67.4 Å². The number of amides is 2. The molecule has 0 aromatic heterocycles. The lowest BCUT2D eigenvalue weighted by Crippen LogP contribution is -2.20. The molecular weight excluding hydrogens is 347 g/mol. The van der Waals surface area contributed by atoms with E-state index in [4.69, 9.17) is 4.74 Å². The minimum atomic E-state index is -0.600. The van der Waals surface area contributed by atoms with Crippen LogP contribution in [0.25, 0.3) is 0 Å². The highest BCUT2D eigenvalue weighted by molar-refractivity contribution is 6.04. The zero-order valence-electron chi connectivity index (χ0n) is 14.3. The van der Waals surface area contributed by atoms with Crippen molar-refractivity contribution in [1.82, 2.24) is 0 Å². The van der Waals surface area contributed by atoms with Crippen LogP contribution in [0.15, 0.2) is 78.9 Å². The Morgan fingerprint density at radius 3 is 2.22 bits per heavy atom. The van der Waals surface area contributed by atoms with Gasteiger partial charge in [-0.3, -0.25) is 9.59 Å². The maximum absolute atomic E-state index is 13.7. The molecule has 27 heavy (non-hydrogen) atoms. The number of benzene rings is 3.